The van der Waals surface area contributed by atoms with Crippen LogP contribution < -0.4 is 5.32 Å². The van der Waals surface area contributed by atoms with Crippen molar-refractivity contribution in [3.8, 4) is 0 Å². The van der Waals surface area contributed by atoms with Gasteiger partial charge in [-0.2, -0.15) is 0 Å². The molecule has 0 aromatic rings. The summed E-state index contributed by atoms with van der Waals surface area (Å²) in [6.07, 6.45) is 6.57. The molecule has 1 unspecified atom stereocenters. The molecule has 3 heteroatoms. The molecule has 16 heavy (non-hydrogen) atoms. The van der Waals surface area contributed by atoms with E-state index in [2.05, 4.69) is 5.32 Å². The van der Waals surface area contributed by atoms with E-state index in [1.54, 1.807) is 0 Å². The number of rotatable bonds is 2. The van der Waals surface area contributed by atoms with E-state index < -0.39 is 5.60 Å². The van der Waals surface area contributed by atoms with E-state index >= 15 is 0 Å². The first-order valence-corrected chi connectivity index (χ1v) is 5.58. The first-order valence-electron chi connectivity index (χ1n) is 5.58. The molecule has 1 aliphatic carbocycles. The normalized spacial score (nSPS) is 25.2. The quantitative estimate of drug-likeness (QED) is 0.729. The molecule has 0 radical (unpaired) electrons. The topological polar surface area (TPSA) is 38.3 Å². The third-order valence-electron chi connectivity index (χ3n) is 2.69. The van der Waals surface area contributed by atoms with E-state index in [0.29, 0.717) is 5.57 Å². The van der Waals surface area contributed by atoms with Gasteiger partial charge in [-0.15, -0.1) is 0 Å². The molecule has 1 aliphatic rings. The smallest absolute Gasteiger partial charge is 0.336 e. The number of nitrogens with one attached hydrogen (secondary N) is 1. The Labute approximate surface area is 97.6 Å². The highest BCUT2D eigenvalue weighted by atomic mass is 16.6. The van der Waals surface area contributed by atoms with Gasteiger partial charge < -0.3 is 10.1 Å². The van der Waals surface area contributed by atoms with Crippen molar-refractivity contribution in [1.29, 1.82) is 0 Å². The van der Waals surface area contributed by atoms with E-state index in [1.807, 2.05) is 53.0 Å². The summed E-state index contributed by atoms with van der Waals surface area (Å²) >= 11 is 0. The van der Waals surface area contributed by atoms with E-state index in [4.69, 9.17) is 4.74 Å². The maximum absolute atomic E-state index is 12.0. The minimum absolute atomic E-state index is 0.242. The number of esters is 1. The van der Waals surface area contributed by atoms with Crippen LogP contribution in [0.3, 0.4) is 0 Å². The Morgan fingerprint density at radius 2 is 2.12 bits per heavy atom. The monoisotopic (exact) mass is 223 g/mol. The molecule has 0 aliphatic heterocycles. The molecule has 0 spiro atoms. The van der Waals surface area contributed by atoms with Crippen LogP contribution in [0.15, 0.2) is 23.8 Å². The third kappa shape index (κ3) is 2.95. The average Bonchev–Trinajstić information content (AvgIpc) is 2.15. The van der Waals surface area contributed by atoms with Crippen LogP contribution in [0.4, 0.5) is 0 Å². The van der Waals surface area contributed by atoms with Gasteiger partial charge in [0.1, 0.15) is 5.60 Å². The van der Waals surface area contributed by atoms with Crippen LogP contribution in [0.1, 0.15) is 34.1 Å². The largest absolute Gasteiger partial charge is 0.457 e. The number of hydrogen-bond acceptors (Lipinski definition) is 3. The Bertz CT molecular complexity index is 336. The van der Waals surface area contributed by atoms with Crippen molar-refractivity contribution in [3.05, 3.63) is 23.8 Å². The molecule has 90 valence electrons. The van der Waals surface area contributed by atoms with Gasteiger partial charge in [0.25, 0.3) is 0 Å². The summed E-state index contributed by atoms with van der Waals surface area (Å²) in [7, 11) is 1.86. The number of hydrogen-bond donors (Lipinski definition) is 1. The molecule has 0 aromatic carbocycles. The molecule has 0 fully saturated rings. The number of carbonyl (C=O) groups is 1. The molecular weight excluding hydrogens is 202 g/mol. The van der Waals surface area contributed by atoms with Gasteiger partial charge >= 0.3 is 5.97 Å². The van der Waals surface area contributed by atoms with E-state index in [-0.39, 0.29) is 11.5 Å². The molecular formula is C13H21NO2. The Hall–Kier alpha value is -1.09. The molecule has 3 nitrogen and oxygen atoms in total. The summed E-state index contributed by atoms with van der Waals surface area (Å²) in [5, 5.41) is 3.18. The summed E-state index contributed by atoms with van der Waals surface area (Å²) in [5.41, 5.74) is -0.0856. The number of ether oxygens (including phenoxy) is 1. The van der Waals surface area contributed by atoms with Crippen LogP contribution >= 0.6 is 0 Å². The van der Waals surface area contributed by atoms with Gasteiger partial charge in [0, 0.05) is 0 Å². The molecule has 1 N–H and O–H groups in total. The van der Waals surface area contributed by atoms with Crippen LogP contribution in [0.5, 0.6) is 0 Å². The lowest BCUT2D eigenvalue weighted by Gasteiger charge is -2.33. The van der Waals surface area contributed by atoms with Crippen molar-refractivity contribution in [3.63, 3.8) is 0 Å². The van der Waals surface area contributed by atoms with Crippen LogP contribution in [0.25, 0.3) is 0 Å². The van der Waals surface area contributed by atoms with E-state index in [0.717, 1.165) is 6.42 Å². The first-order chi connectivity index (χ1) is 7.28. The zero-order chi connectivity index (χ0) is 12.4. The fourth-order valence-corrected chi connectivity index (χ4v) is 1.62. The summed E-state index contributed by atoms with van der Waals surface area (Å²) in [6.45, 7) is 7.63. The number of likely N-dealkylation sites (N-methyl/N-ethyl adjacent to an activating group) is 1. The standard InChI is InChI=1S/C13H21NO2/c1-12(2,3)16-11(15)10-8-6-7-9-13(10,4)14-5/h6-8,14H,9H2,1-5H3. The van der Waals surface area contributed by atoms with E-state index in [9.17, 15) is 4.79 Å². The van der Waals surface area contributed by atoms with Gasteiger partial charge in [0.2, 0.25) is 0 Å². The molecule has 0 aromatic heterocycles. The fourth-order valence-electron chi connectivity index (χ4n) is 1.62. The van der Waals surface area contributed by atoms with Crippen molar-refractivity contribution in [2.75, 3.05) is 7.05 Å². The lowest BCUT2D eigenvalue weighted by atomic mass is 9.85. The zero-order valence-corrected chi connectivity index (χ0v) is 10.8. The second-order valence-electron chi connectivity index (χ2n) is 5.30. The molecule has 1 atom stereocenters. The zero-order valence-electron chi connectivity index (χ0n) is 10.8. The summed E-state index contributed by atoms with van der Waals surface area (Å²) in [6, 6.07) is 0. The third-order valence-corrected chi connectivity index (χ3v) is 2.69. The minimum Gasteiger partial charge on any atom is -0.457 e. The fraction of sp³-hybridized carbons (Fsp3) is 0.615. The Balaban J connectivity index is 2.89. The van der Waals surface area contributed by atoms with Crippen molar-refractivity contribution in [1.82, 2.24) is 5.32 Å². The second kappa shape index (κ2) is 4.42. The Kier molecular flexibility index (Phi) is 3.58. The Morgan fingerprint density at radius 3 is 2.62 bits per heavy atom. The highest BCUT2D eigenvalue weighted by molar-refractivity contribution is 5.92. The highest BCUT2D eigenvalue weighted by Crippen LogP contribution is 2.27. The molecule has 0 saturated carbocycles. The van der Waals surface area contributed by atoms with Crippen molar-refractivity contribution < 1.29 is 9.53 Å². The van der Waals surface area contributed by atoms with Crippen LogP contribution in [0, 0.1) is 0 Å². The molecule has 1 rings (SSSR count). The highest BCUT2D eigenvalue weighted by Gasteiger charge is 2.34. The van der Waals surface area contributed by atoms with Gasteiger partial charge in [-0.05, 0) is 41.2 Å². The lowest BCUT2D eigenvalue weighted by molar-refractivity contribution is -0.150. The summed E-state index contributed by atoms with van der Waals surface area (Å²) in [5.74, 6) is -0.242. The molecule has 0 heterocycles. The van der Waals surface area contributed by atoms with Crippen molar-refractivity contribution in [2.24, 2.45) is 0 Å². The predicted octanol–water partition coefficient (Wildman–Crippen LogP) is 2.19. The summed E-state index contributed by atoms with van der Waals surface area (Å²) < 4.78 is 5.39. The maximum Gasteiger partial charge on any atom is 0.336 e. The number of allylic oxidation sites excluding steroid dienone is 2. The average molecular weight is 223 g/mol. The van der Waals surface area contributed by atoms with Gasteiger partial charge in [-0.3, -0.25) is 0 Å². The minimum atomic E-state index is -0.451. The molecule has 0 bridgehead atoms. The summed E-state index contributed by atoms with van der Waals surface area (Å²) in [4.78, 5) is 12.0. The maximum atomic E-state index is 12.0. The lowest BCUT2D eigenvalue weighted by Crippen LogP contribution is -2.46. The first kappa shape index (κ1) is 13.0. The van der Waals surface area contributed by atoms with E-state index in [1.165, 1.54) is 0 Å². The molecule has 0 saturated heterocycles. The van der Waals surface area contributed by atoms with Crippen LogP contribution in [-0.4, -0.2) is 24.2 Å². The predicted molar refractivity (Wildman–Crippen MR) is 65.1 cm³/mol. The molecule has 0 amide bonds. The van der Waals surface area contributed by atoms with Crippen molar-refractivity contribution >= 4 is 5.97 Å². The van der Waals surface area contributed by atoms with Gasteiger partial charge in [-0.25, -0.2) is 4.79 Å². The van der Waals surface area contributed by atoms with Gasteiger partial charge in [-0.1, -0.05) is 18.2 Å². The van der Waals surface area contributed by atoms with Gasteiger partial charge in [0.05, 0.1) is 11.1 Å². The Morgan fingerprint density at radius 1 is 1.50 bits per heavy atom. The SMILES string of the molecule is CNC1(C)CC=CC=C1C(=O)OC(C)(C)C. The second-order valence-corrected chi connectivity index (χ2v) is 5.30. The van der Waals surface area contributed by atoms with Crippen molar-refractivity contribution in [2.45, 2.75) is 45.3 Å². The van der Waals surface area contributed by atoms with Crippen LogP contribution in [-0.2, 0) is 9.53 Å². The van der Waals surface area contributed by atoms with Gasteiger partial charge in [0.15, 0.2) is 0 Å². The van der Waals surface area contributed by atoms with Crippen LogP contribution in [0.2, 0.25) is 0 Å². The number of carbonyl (C=O) groups excluding carboxylic acids is 1.